The molecule has 2 aromatic heterocycles. The van der Waals surface area contributed by atoms with E-state index < -0.39 is 0 Å². The zero-order chi connectivity index (χ0) is 16.7. The number of carbonyl (C=O) groups excluding carboxylic acids is 1. The van der Waals surface area contributed by atoms with Crippen molar-refractivity contribution in [1.82, 2.24) is 20.0 Å². The molecular weight excluding hydrogens is 329 g/mol. The summed E-state index contributed by atoms with van der Waals surface area (Å²) in [6.07, 6.45) is 1.98. The normalized spacial score (nSPS) is 13.9. The first-order valence-electron chi connectivity index (χ1n) is 7.57. The van der Waals surface area contributed by atoms with Crippen molar-refractivity contribution in [3.05, 3.63) is 52.5 Å². The van der Waals surface area contributed by atoms with Crippen LogP contribution >= 0.6 is 11.3 Å². The van der Waals surface area contributed by atoms with Crippen molar-refractivity contribution < 1.29 is 9.18 Å². The standard InChI is InChI=1S/C16H14FN5OS/c1-9-8-24-16(18-9)19-15(23)13-14(10-2-3-10)22(21-20-13)12-6-4-11(17)5-7-12/h4-8,10H,2-3H2,1H3,(H,18,19,23). The largest absolute Gasteiger partial charge is 0.296 e. The van der Waals surface area contributed by atoms with Crippen LogP contribution in [-0.2, 0) is 0 Å². The van der Waals surface area contributed by atoms with Crippen LogP contribution < -0.4 is 5.32 Å². The zero-order valence-corrected chi connectivity index (χ0v) is 13.7. The van der Waals surface area contributed by atoms with E-state index in [0.717, 1.165) is 24.2 Å². The molecule has 1 aliphatic rings. The van der Waals surface area contributed by atoms with Crippen molar-refractivity contribution in [2.24, 2.45) is 0 Å². The first-order chi connectivity index (χ1) is 11.6. The molecule has 1 amide bonds. The first-order valence-corrected chi connectivity index (χ1v) is 8.45. The van der Waals surface area contributed by atoms with Gasteiger partial charge in [0.15, 0.2) is 10.8 Å². The summed E-state index contributed by atoms with van der Waals surface area (Å²) in [6, 6.07) is 5.99. The molecule has 122 valence electrons. The van der Waals surface area contributed by atoms with Gasteiger partial charge >= 0.3 is 0 Å². The second-order valence-electron chi connectivity index (χ2n) is 5.73. The number of carbonyl (C=O) groups is 1. The average molecular weight is 343 g/mol. The van der Waals surface area contributed by atoms with E-state index in [1.165, 1.54) is 23.5 Å². The Labute approximate surface area is 141 Å². The molecule has 24 heavy (non-hydrogen) atoms. The average Bonchev–Trinajstić information content (AvgIpc) is 3.18. The third kappa shape index (κ3) is 2.80. The molecule has 0 aliphatic heterocycles. The molecule has 0 radical (unpaired) electrons. The third-order valence-electron chi connectivity index (χ3n) is 3.79. The van der Waals surface area contributed by atoms with Crippen LogP contribution in [-0.4, -0.2) is 25.9 Å². The number of amides is 1. The van der Waals surface area contributed by atoms with E-state index in [2.05, 4.69) is 20.6 Å². The predicted molar refractivity (Wildman–Crippen MR) is 88.1 cm³/mol. The first kappa shape index (κ1) is 14.9. The minimum Gasteiger partial charge on any atom is -0.296 e. The van der Waals surface area contributed by atoms with Gasteiger partial charge in [0.2, 0.25) is 0 Å². The van der Waals surface area contributed by atoms with Crippen LogP contribution in [0, 0.1) is 12.7 Å². The van der Waals surface area contributed by atoms with Gasteiger partial charge in [-0.2, -0.15) is 0 Å². The van der Waals surface area contributed by atoms with Gasteiger partial charge < -0.3 is 0 Å². The Bertz CT molecular complexity index is 898. The minimum absolute atomic E-state index is 0.254. The minimum atomic E-state index is -0.320. The van der Waals surface area contributed by atoms with Crippen LogP contribution in [0.3, 0.4) is 0 Å². The van der Waals surface area contributed by atoms with Crippen molar-refractivity contribution in [1.29, 1.82) is 0 Å². The highest BCUT2D eigenvalue weighted by Gasteiger charge is 2.34. The molecule has 6 nitrogen and oxygen atoms in total. The van der Waals surface area contributed by atoms with Gasteiger partial charge in [-0.25, -0.2) is 14.1 Å². The van der Waals surface area contributed by atoms with E-state index in [9.17, 15) is 9.18 Å². The highest BCUT2D eigenvalue weighted by molar-refractivity contribution is 7.13. The van der Waals surface area contributed by atoms with E-state index in [0.29, 0.717) is 16.5 Å². The molecule has 3 aromatic rings. The van der Waals surface area contributed by atoms with Crippen LogP contribution in [0.1, 0.15) is 40.6 Å². The van der Waals surface area contributed by atoms with Crippen LogP contribution in [0.4, 0.5) is 9.52 Å². The lowest BCUT2D eigenvalue weighted by Gasteiger charge is -2.07. The van der Waals surface area contributed by atoms with Crippen molar-refractivity contribution in [2.45, 2.75) is 25.7 Å². The predicted octanol–water partition coefficient (Wildman–Crippen LogP) is 3.30. The number of rotatable bonds is 4. The summed E-state index contributed by atoms with van der Waals surface area (Å²) in [6.45, 7) is 1.87. The second-order valence-corrected chi connectivity index (χ2v) is 6.59. The van der Waals surface area contributed by atoms with Crippen LogP contribution in [0.25, 0.3) is 5.69 Å². The van der Waals surface area contributed by atoms with Crippen molar-refractivity contribution in [3.8, 4) is 5.69 Å². The summed E-state index contributed by atoms with van der Waals surface area (Å²) in [4.78, 5) is 16.8. The van der Waals surface area contributed by atoms with Crippen molar-refractivity contribution >= 4 is 22.4 Å². The van der Waals surface area contributed by atoms with E-state index in [1.807, 2.05) is 12.3 Å². The number of benzene rings is 1. The molecule has 2 heterocycles. The van der Waals surface area contributed by atoms with Gasteiger partial charge in [-0.3, -0.25) is 10.1 Å². The van der Waals surface area contributed by atoms with Crippen molar-refractivity contribution in [3.63, 3.8) is 0 Å². The fourth-order valence-corrected chi connectivity index (χ4v) is 3.20. The molecule has 0 saturated heterocycles. The summed E-state index contributed by atoms with van der Waals surface area (Å²) < 4.78 is 14.8. The number of hydrogen-bond acceptors (Lipinski definition) is 5. The summed E-state index contributed by atoms with van der Waals surface area (Å²) >= 11 is 1.37. The molecule has 8 heteroatoms. The maximum atomic E-state index is 13.1. The van der Waals surface area contributed by atoms with E-state index in [1.54, 1.807) is 16.8 Å². The lowest BCUT2D eigenvalue weighted by molar-refractivity contribution is 0.102. The summed E-state index contributed by atoms with van der Waals surface area (Å²) in [5, 5.41) is 13.3. The molecule has 0 atom stereocenters. The smallest absolute Gasteiger partial charge is 0.279 e. The van der Waals surface area contributed by atoms with E-state index >= 15 is 0 Å². The topological polar surface area (TPSA) is 72.7 Å². The number of nitrogens with one attached hydrogen (secondary N) is 1. The highest BCUT2D eigenvalue weighted by atomic mass is 32.1. The third-order valence-corrected chi connectivity index (χ3v) is 4.67. The molecule has 0 spiro atoms. The number of thiazole rings is 1. The Morgan fingerprint density at radius 3 is 2.71 bits per heavy atom. The maximum Gasteiger partial charge on any atom is 0.279 e. The number of aryl methyl sites for hydroxylation is 1. The summed E-state index contributed by atoms with van der Waals surface area (Å²) in [7, 11) is 0. The summed E-state index contributed by atoms with van der Waals surface area (Å²) in [5.41, 5.74) is 2.62. The Hall–Kier alpha value is -2.61. The fourth-order valence-electron chi connectivity index (χ4n) is 2.51. The van der Waals surface area contributed by atoms with Gasteiger partial charge in [0.1, 0.15) is 5.82 Å². The van der Waals surface area contributed by atoms with Crippen molar-refractivity contribution in [2.75, 3.05) is 5.32 Å². The molecular formula is C16H14FN5OS. The van der Waals surface area contributed by atoms with E-state index in [-0.39, 0.29) is 17.6 Å². The van der Waals surface area contributed by atoms with Gasteiger partial charge in [-0.15, -0.1) is 16.4 Å². The van der Waals surface area contributed by atoms with Gasteiger partial charge in [0, 0.05) is 11.3 Å². The molecule has 0 bridgehead atoms. The SMILES string of the molecule is Cc1csc(NC(=O)c2nnn(-c3ccc(F)cc3)c2C2CC2)n1. The number of halogens is 1. The lowest BCUT2D eigenvalue weighted by atomic mass is 10.2. The molecule has 1 saturated carbocycles. The van der Waals surface area contributed by atoms with Gasteiger partial charge in [0.25, 0.3) is 5.91 Å². The van der Waals surface area contributed by atoms with Crippen LogP contribution in [0.2, 0.25) is 0 Å². The molecule has 4 rings (SSSR count). The Morgan fingerprint density at radius 2 is 2.08 bits per heavy atom. The summed E-state index contributed by atoms with van der Waals surface area (Å²) in [5.74, 6) is -0.382. The molecule has 1 aromatic carbocycles. The van der Waals surface area contributed by atoms with Gasteiger partial charge in [-0.05, 0) is 44.0 Å². The molecule has 1 N–H and O–H groups in total. The van der Waals surface area contributed by atoms with E-state index in [4.69, 9.17) is 0 Å². The van der Waals surface area contributed by atoms with Crippen LogP contribution in [0.5, 0.6) is 0 Å². The molecule has 1 fully saturated rings. The number of anilines is 1. The number of aromatic nitrogens is 4. The number of hydrogen-bond donors (Lipinski definition) is 1. The molecule has 1 aliphatic carbocycles. The van der Waals surface area contributed by atoms with Gasteiger partial charge in [-0.1, -0.05) is 5.21 Å². The van der Waals surface area contributed by atoms with Crippen LogP contribution in [0.15, 0.2) is 29.6 Å². The Morgan fingerprint density at radius 1 is 1.33 bits per heavy atom. The Balaban J connectivity index is 1.68. The number of nitrogens with zero attached hydrogens (tertiary/aromatic N) is 4. The zero-order valence-electron chi connectivity index (χ0n) is 12.9. The highest BCUT2D eigenvalue weighted by Crippen LogP contribution is 2.42. The van der Waals surface area contributed by atoms with Gasteiger partial charge in [0.05, 0.1) is 17.1 Å². The maximum absolute atomic E-state index is 13.1. The lowest BCUT2D eigenvalue weighted by Crippen LogP contribution is -2.15. The quantitative estimate of drug-likeness (QED) is 0.789. The second kappa shape index (κ2) is 5.79. The fraction of sp³-hybridized carbons (Fsp3) is 0.250. The Kier molecular flexibility index (Phi) is 3.61. The molecule has 0 unspecified atom stereocenters. The monoisotopic (exact) mass is 343 g/mol.